The van der Waals surface area contributed by atoms with E-state index in [0.717, 1.165) is 31.4 Å². The van der Waals surface area contributed by atoms with Crippen LogP contribution in [0.4, 0.5) is 0 Å². The van der Waals surface area contributed by atoms with E-state index in [0.29, 0.717) is 6.42 Å². The van der Waals surface area contributed by atoms with Crippen LogP contribution in [0.25, 0.3) is 0 Å². The van der Waals surface area contributed by atoms with Crippen LogP contribution in [0.1, 0.15) is 31.4 Å². The molecule has 1 saturated carbocycles. The third kappa shape index (κ3) is 3.58. The molecule has 0 saturated heterocycles. The Morgan fingerprint density at radius 2 is 2.40 bits per heavy atom. The maximum absolute atomic E-state index is 12.2. The van der Waals surface area contributed by atoms with Crippen LogP contribution in [0.5, 0.6) is 0 Å². The molecule has 3 atom stereocenters. The van der Waals surface area contributed by atoms with Crippen molar-refractivity contribution >= 4 is 5.91 Å². The van der Waals surface area contributed by atoms with Gasteiger partial charge in [-0.1, -0.05) is 12.8 Å². The normalized spacial score (nSPS) is 23.9. The summed E-state index contributed by atoms with van der Waals surface area (Å²) in [4.78, 5) is 16.4. The molecule has 0 unspecified atom stereocenters. The van der Waals surface area contributed by atoms with Crippen LogP contribution >= 0.6 is 0 Å². The van der Waals surface area contributed by atoms with Crippen molar-refractivity contribution in [3.8, 4) is 6.07 Å². The summed E-state index contributed by atoms with van der Waals surface area (Å²) < 4.78 is 1.82. The lowest BCUT2D eigenvalue weighted by Crippen LogP contribution is -2.47. The average Bonchev–Trinajstić information content (AvgIpc) is 2.83. The molecule has 3 N–H and O–H groups in total. The van der Waals surface area contributed by atoms with E-state index in [1.54, 1.807) is 6.33 Å². The van der Waals surface area contributed by atoms with Gasteiger partial charge in [0.05, 0.1) is 24.0 Å². The summed E-state index contributed by atoms with van der Waals surface area (Å²) in [5.41, 5.74) is 6.79. The van der Waals surface area contributed by atoms with Crippen molar-refractivity contribution in [3.05, 3.63) is 18.2 Å². The summed E-state index contributed by atoms with van der Waals surface area (Å²) >= 11 is 0. The van der Waals surface area contributed by atoms with E-state index in [1.807, 2.05) is 17.8 Å². The number of hydrogen-bond acceptors (Lipinski definition) is 4. The molecule has 1 amide bonds. The molecule has 0 bridgehead atoms. The van der Waals surface area contributed by atoms with Crippen LogP contribution in [-0.4, -0.2) is 27.5 Å². The van der Waals surface area contributed by atoms with Crippen LogP contribution in [0.3, 0.4) is 0 Å². The number of nitriles is 1. The zero-order valence-corrected chi connectivity index (χ0v) is 11.7. The largest absolute Gasteiger partial charge is 0.340 e. The molecule has 108 valence electrons. The fourth-order valence-corrected chi connectivity index (χ4v) is 2.67. The topological polar surface area (TPSA) is 96.7 Å². The molecule has 0 radical (unpaired) electrons. The van der Waals surface area contributed by atoms with E-state index in [1.165, 1.54) is 0 Å². The van der Waals surface area contributed by atoms with Crippen molar-refractivity contribution in [2.45, 2.75) is 44.2 Å². The Balaban J connectivity index is 1.92. The number of amides is 1. The minimum atomic E-state index is -0.550. The van der Waals surface area contributed by atoms with Gasteiger partial charge in [-0.05, 0) is 12.8 Å². The molecule has 2 rings (SSSR count). The third-order valence-corrected chi connectivity index (χ3v) is 3.80. The van der Waals surface area contributed by atoms with Crippen molar-refractivity contribution in [2.75, 3.05) is 0 Å². The van der Waals surface area contributed by atoms with Gasteiger partial charge in [-0.25, -0.2) is 4.98 Å². The highest BCUT2D eigenvalue weighted by Gasteiger charge is 2.29. The lowest BCUT2D eigenvalue weighted by molar-refractivity contribution is -0.126. The van der Waals surface area contributed by atoms with Gasteiger partial charge in [0.2, 0.25) is 5.91 Å². The third-order valence-electron chi connectivity index (χ3n) is 3.80. The van der Waals surface area contributed by atoms with Crippen molar-refractivity contribution in [3.63, 3.8) is 0 Å². The Hall–Kier alpha value is -1.87. The van der Waals surface area contributed by atoms with Gasteiger partial charge < -0.3 is 15.6 Å². The van der Waals surface area contributed by atoms with E-state index in [9.17, 15) is 10.1 Å². The summed E-state index contributed by atoms with van der Waals surface area (Å²) in [5.74, 6) is -0.261. The van der Waals surface area contributed by atoms with Gasteiger partial charge in [0.1, 0.15) is 6.04 Å². The predicted molar refractivity (Wildman–Crippen MR) is 74.4 cm³/mol. The average molecular weight is 275 g/mol. The van der Waals surface area contributed by atoms with E-state index in [4.69, 9.17) is 5.73 Å². The fourth-order valence-electron chi connectivity index (χ4n) is 2.67. The number of carbonyl (C=O) groups is 1. The Bertz CT molecular complexity index is 504. The molecular formula is C14H21N5O. The summed E-state index contributed by atoms with van der Waals surface area (Å²) in [7, 11) is 1.87. The van der Waals surface area contributed by atoms with Crippen LogP contribution in [0, 0.1) is 17.2 Å². The van der Waals surface area contributed by atoms with Crippen molar-refractivity contribution in [1.29, 1.82) is 5.26 Å². The van der Waals surface area contributed by atoms with Crippen molar-refractivity contribution in [2.24, 2.45) is 18.7 Å². The number of nitrogens with zero attached hydrogens (tertiary/aromatic N) is 3. The molecule has 20 heavy (non-hydrogen) atoms. The molecule has 1 aromatic rings. The van der Waals surface area contributed by atoms with Gasteiger partial charge in [-0.2, -0.15) is 5.26 Å². The molecule has 1 aromatic heterocycles. The SMILES string of the molecule is Cn1cnc(C[C@@H](C#N)NC(=O)[C@@H]2CCCC[C@@H]2N)c1. The zero-order chi connectivity index (χ0) is 14.5. The van der Waals surface area contributed by atoms with E-state index >= 15 is 0 Å². The standard InChI is InChI=1S/C14H21N5O/c1-19-8-11(17-9-19)6-10(7-15)18-14(20)12-4-2-3-5-13(12)16/h8-10,12-13H,2-6,16H2,1H3,(H,18,20)/t10-,12+,13-/m0/s1. The van der Waals surface area contributed by atoms with Gasteiger partial charge in [0.25, 0.3) is 0 Å². The van der Waals surface area contributed by atoms with Crippen LogP contribution in [-0.2, 0) is 18.3 Å². The number of imidazole rings is 1. The monoisotopic (exact) mass is 275 g/mol. The van der Waals surface area contributed by atoms with Gasteiger partial charge >= 0.3 is 0 Å². The maximum atomic E-state index is 12.2. The number of nitrogens with two attached hydrogens (primary N) is 1. The minimum absolute atomic E-state index is 0.0852. The van der Waals surface area contributed by atoms with Crippen LogP contribution < -0.4 is 11.1 Å². The number of hydrogen-bond donors (Lipinski definition) is 2. The Labute approximate surface area is 119 Å². The van der Waals surface area contributed by atoms with Crippen molar-refractivity contribution < 1.29 is 4.79 Å². The molecule has 6 nitrogen and oxygen atoms in total. The molecule has 0 spiro atoms. The first kappa shape index (κ1) is 14.5. The first-order valence-corrected chi connectivity index (χ1v) is 7.02. The second-order valence-electron chi connectivity index (χ2n) is 5.48. The molecule has 1 aliphatic carbocycles. The second kappa shape index (κ2) is 6.53. The van der Waals surface area contributed by atoms with E-state index < -0.39 is 6.04 Å². The summed E-state index contributed by atoms with van der Waals surface area (Å²) in [6.07, 6.45) is 7.77. The zero-order valence-electron chi connectivity index (χ0n) is 11.7. The highest BCUT2D eigenvalue weighted by Crippen LogP contribution is 2.23. The Morgan fingerprint density at radius 1 is 1.65 bits per heavy atom. The quantitative estimate of drug-likeness (QED) is 0.835. The van der Waals surface area contributed by atoms with Gasteiger partial charge in [-0.3, -0.25) is 4.79 Å². The summed E-state index contributed by atoms with van der Waals surface area (Å²) in [5, 5.41) is 12.0. The Kier molecular flexibility index (Phi) is 4.74. The lowest BCUT2D eigenvalue weighted by Gasteiger charge is -2.28. The molecule has 0 aromatic carbocycles. The lowest BCUT2D eigenvalue weighted by atomic mass is 9.84. The first-order chi connectivity index (χ1) is 9.60. The molecule has 1 fully saturated rings. The number of carbonyl (C=O) groups excluding carboxylic acids is 1. The first-order valence-electron chi connectivity index (χ1n) is 7.02. The second-order valence-corrected chi connectivity index (χ2v) is 5.48. The number of aromatic nitrogens is 2. The molecule has 1 heterocycles. The minimum Gasteiger partial charge on any atom is -0.340 e. The number of rotatable bonds is 4. The van der Waals surface area contributed by atoms with E-state index in [-0.39, 0.29) is 17.9 Å². The number of nitrogens with one attached hydrogen (secondary N) is 1. The van der Waals surface area contributed by atoms with E-state index in [2.05, 4.69) is 16.4 Å². The number of aryl methyl sites for hydroxylation is 1. The van der Waals surface area contributed by atoms with Gasteiger partial charge in [0, 0.05) is 25.7 Å². The molecule has 1 aliphatic rings. The molecule has 0 aliphatic heterocycles. The molecular weight excluding hydrogens is 254 g/mol. The van der Waals surface area contributed by atoms with Crippen molar-refractivity contribution in [1.82, 2.24) is 14.9 Å². The van der Waals surface area contributed by atoms with Gasteiger partial charge in [-0.15, -0.1) is 0 Å². The summed E-state index contributed by atoms with van der Waals surface area (Å²) in [6, 6.07) is 1.49. The van der Waals surface area contributed by atoms with Gasteiger partial charge in [0.15, 0.2) is 0 Å². The fraction of sp³-hybridized carbons (Fsp3) is 0.643. The predicted octanol–water partition coefficient (Wildman–Crippen LogP) is 0.488. The smallest absolute Gasteiger partial charge is 0.225 e. The molecule has 6 heteroatoms. The van der Waals surface area contributed by atoms with Crippen LogP contribution in [0.15, 0.2) is 12.5 Å². The maximum Gasteiger partial charge on any atom is 0.225 e. The van der Waals surface area contributed by atoms with Crippen LogP contribution in [0.2, 0.25) is 0 Å². The Morgan fingerprint density at radius 3 is 3.00 bits per heavy atom. The highest BCUT2D eigenvalue weighted by molar-refractivity contribution is 5.80. The highest BCUT2D eigenvalue weighted by atomic mass is 16.2. The summed E-state index contributed by atoms with van der Waals surface area (Å²) in [6.45, 7) is 0.